The summed E-state index contributed by atoms with van der Waals surface area (Å²) in [5, 5.41) is 8.70. The van der Waals surface area contributed by atoms with Crippen molar-refractivity contribution in [2.24, 2.45) is 0 Å². The molecule has 0 saturated heterocycles. The van der Waals surface area contributed by atoms with E-state index in [1.165, 1.54) is 5.48 Å². The first kappa shape index (κ1) is 20.9. The van der Waals surface area contributed by atoms with Gasteiger partial charge < -0.3 is 0 Å². The molecule has 0 saturated carbocycles. The van der Waals surface area contributed by atoms with Gasteiger partial charge in [-0.25, -0.2) is 13.9 Å². The molecule has 2 aromatic carbocycles. The van der Waals surface area contributed by atoms with Crippen LogP contribution >= 0.6 is 0 Å². The second-order valence-electron chi connectivity index (χ2n) is 5.82. The molecular weight excluding hydrogens is 385 g/mol. The molecule has 6 nitrogen and oxygen atoms in total. The van der Waals surface area contributed by atoms with Crippen molar-refractivity contribution in [2.75, 3.05) is 6.54 Å². The van der Waals surface area contributed by atoms with Crippen LogP contribution in [0.1, 0.15) is 16.7 Å². The van der Waals surface area contributed by atoms with E-state index in [4.69, 9.17) is 5.21 Å². The van der Waals surface area contributed by atoms with Gasteiger partial charge in [0, 0.05) is 6.54 Å². The molecule has 0 spiro atoms. The van der Waals surface area contributed by atoms with Crippen LogP contribution in [-0.4, -0.2) is 30.4 Å². The van der Waals surface area contributed by atoms with Gasteiger partial charge in [-0.1, -0.05) is 35.9 Å². The minimum atomic E-state index is -4.71. The Morgan fingerprint density at radius 2 is 1.78 bits per heavy atom. The van der Waals surface area contributed by atoms with Crippen LogP contribution in [0.25, 0.3) is 0 Å². The van der Waals surface area contributed by atoms with Crippen molar-refractivity contribution in [3.8, 4) is 0 Å². The van der Waals surface area contributed by atoms with E-state index in [0.717, 1.165) is 23.8 Å². The first-order chi connectivity index (χ1) is 12.5. The number of hydroxylamine groups is 1. The van der Waals surface area contributed by atoms with Crippen LogP contribution in [-0.2, 0) is 27.5 Å². The first-order valence-electron chi connectivity index (χ1n) is 7.70. The lowest BCUT2D eigenvalue weighted by molar-refractivity contribution is -0.137. The lowest BCUT2D eigenvalue weighted by Crippen LogP contribution is -2.39. The molecule has 146 valence electrons. The van der Waals surface area contributed by atoms with Crippen molar-refractivity contribution in [3.05, 3.63) is 65.2 Å². The highest BCUT2D eigenvalue weighted by atomic mass is 32.2. The van der Waals surface area contributed by atoms with Crippen molar-refractivity contribution in [1.29, 1.82) is 0 Å². The highest BCUT2D eigenvalue weighted by molar-refractivity contribution is 7.89. The molecular formula is C17H17F3N2O4S. The van der Waals surface area contributed by atoms with Gasteiger partial charge >= 0.3 is 6.18 Å². The normalized spacial score (nSPS) is 12.2. The van der Waals surface area contributed by atoms with Crippen LogP contribution in [0.5, 0.6) is 0 Å². The minimum Gasteiger partial charge on any atom is -0.289 e. The molecule has 10 heteroatoms. The van der Waals surface area contributed by atoms with E-state index in [0.29, 0.717) is 15.9 Å². The number of aryl methyl sites for hydroxylation is 1. The maximum atomic E-state index is 12.9. The summed E-state index contributed by atoms with van der Waals surface area (Å²) in [6.07, 6.45) is -4.71. The van der Waals surface area contributed by atoms with Crippen molar-refractivity contribution in [1.82, 2.24) is 9.79 Å². The van der Waals surface area contributed by atoms with Crippen LogP contribution in [0, 0.1) is 6.92 Å². The fraction of sp³-hybridized carbons (Fsp3) is 0.235. The SMILES string of the molecule is Cc1ccc(CN(CC(=O)NO)S(=O)(=O)c2cccc(C(F)(F)F)c2)cc1. The number of carbonyl (C=O) groups is 1. The molecule has 0 fully saturated rings. The molecule has 2 rings (SSSR count). The summed E-state index contributed by atoms with van der Waals surface area (Å²) in [5.74, 6) is -1.02. The maximum absolute atomic E-state index is 12.9. The number of amides is 1. The van der Waals surface area contributed by atoms with Gasteiger partial charge in [0.05, 0.1) is 17.0 Å². The van der Waals surface area contributed by atoms with Crippen molar-refractivity contribution < 1.29 is 31.6 Å². The lowest BCUT2D eigenvalue weighted by Gasteiger charge is -2.22. The smallest absolute Gasteiger partial charge is 0.289 e. The van der Waals surface area contributed by atoms with Crippen LogP contribution in [0.3, 0.4) is 0 Å². The predicted molar refractivity (Wildman–Crippen MR) is 90.1 cm³/mol. The third-order valence-electron chi connectivity index (χ3n) is 3.72. The number of nitrogens with zero attached hydrogens (tertiary/aromatic N) is 1. The summed E-state index contributed by atoms with van der Waals surface area (Å²) < 4.78 is 65.1. The fourth-order valence-electron chi connectivity index (χ4n) is 2.30. The maximum Gasteiger partial charge on any atom is 0.416 e. The molecule has 0 aromatic heterocycles. The molecule has 0 radical (unpaired) electrons. The molecule has 1 amide bonds. The standard InChI is InChI=1S/C17H17F3N2O4S/c1-12-5-7-13(8-6-12)10-22(11-16(23)21-24)27(25,26)15-4-2-3-14(9-15)17(18,19)20/h2-9,24H,10-11H2,1H3,(H,21,23). The number of hydrogen-bond donors (Lipinski definition) is 2. The molecule has 0 atom stereocenters. The Hall–Kier alpha value is -2.43. The largest absolute Gasteiger partial charge is 0.416 e. The molecule has 0 aliphatic carbocycles. The molecule has 27 heavy (non-hydrogen) atoms. The molecule has 0 heterocycles. The Labute approximate surface area is 154 Å². The topological polar surface area (TPSA) is 86.7 Å². The summed E-state index contributed by atoms with van der Waals surface area (Å²) in [7, 11) is -4.44. The average Bonchev–Trinajstić information content (AvgIpc) is 2.62. The monoisotopic (exact) mass is 402 g/mol. The van der Waals surface area contributed by atoms with Gasteiger partial charge in [-0.3, -0.25) is 10.0 Å². The fourth-order valence-corrected chi connectivity index (χ4v) is 3.73. The Kier molecular flexibility index (Phi) is 6.24. The number of benzene rings is 2. The Balaban J connectivity index is 2.43. The summed E-state index contributed by atoms with van der Waals surface area (Å²) in [4.78, 5) is 10.9. The van der Waals surface area contributed by atoms with Crippen LogP contribution in [0.4, 0.5) is 13.2 Å². The minimum absolute atomic E-state index is 0.258. The van der Waals surface area contributed by atoms with E-state index < -0.39 is 39.1 Å². The van der Waals surface area contributed by atoms with Crippen LogP contribution in [0.2, 0.25) is 0 Å². The summed E-state index contributed by atoms with van der Waals surface area (Å²) in [5.41, 5.74) is 1.66. The quantitative estimate of drug-likeness (QED) is 0.575. The molecule has 0 aliphatic rings. The number of rotatable bonds is 6. The third kappa shape index (κ3) is 5.28. The van der Waals surface area contributed by atoms with E-state index in [-0.39, 0.29) is 6.54 Å². The second-order valence-corrected chi connectivity index (χ2v) is 7.76. The zero-order valence-electron chi connectivity index (χ0n) is 14.2. The highest BCUT2D eigenvalue weighted by Crippen LogP contribution is 2.31. The van der Waals surface area contributed by atoms with Gasteiger partial charge in [0.25, 0.3) is 5.91 Å². The number of nitrogens with one attached hydrogen (secondary N) is 1. The van der Waals surface area contributed by atoms with Gasteiger partial charge in [0.2, 0.25) is 10.0 Å². The molecule has 2 aromatic rings. The summed E-state index contributed by atoms with van der Waals surface area (Å²) in [6, 6.07) is 10.0. The number of carbonyl (C=O) groups excluding carboxylic acids is 1. The van der Waals surface area contributed by atoms with E-state index in [2.05, 4.69) is 0 Å². The first-order valence-corrected chi connectivity index (χ1v) is 9.14. The summed E-state index contributed by atoms with van der Waals surface area (Å²) >= 11 is 0. The molecule has 0 bridgehead atoms. The Morgan fingerprint density at radius 3 is 2.33 bits per heavy atom. The van der Waals surface area contributed by atoms with Gasteiger partial charge in [-0.05, 0) is 30.7 Å². The van der Waals surface area contributed by atoms with E-state index >= 15 is 0 Å². The number of sulfonamides is 1. The number of alkyl halides is 3. The van der Waals surface area contributed by atoms with Crippen molar-refractivity contribution in [3.63, 3.8) is 0 Å². The zero-order chi connectivity index (χ0) is 20.2. The Morgan fingerprint density at radius 1 is 1.15 bits per heavy atom. The predicted octanol–water partition coefficient (Wildman–Crippen LogP) is 2.71. The van der Waals surface area contributed by atoms with Crippen LogP contribution in [0.15, 0.2) is 53.4 Å². The van der Waals surface area contributed by atoms with Gasteiger partial charge in [-0.15, -0.1) is 0 Å². The van der Waals surface area contributed by atoms with E-state index in [1.807, 2.05) is 6.92 Å². The lowest BCUT2D eigenvalue weighted by atomic mass is 10.1. The van der Waals surface area contributed by atoms with Crippen LogP contribution < -0.4 is 5.48 Å². The number of halogens is 3. The highest BCUT2D eigenvalue weighted by Gasteiger charge is 2.33. The third-order valence-corrected chi connectivity index (χ3v) is 5.51. The van der Waals surface area contributed by atoms with Gasteiger partial charge in [0.1, 0.15) is 0 Å². The zero-order valence-corrected chi connectivity index (χ0v) is 15.0. The van der Waals surface area contributed by atoms with Gasteiger partial charge in [0.15, 0.2) is 0 Å². The molecule has 0 unspecified atom stereocenters. The Bertz CT molecular complexity index is 913. The molecule has 0 aliphatic heterocycles. The van der Waals surface area contributed by atoms with E-state index in [9.17, 15) is 26.4 Å². The average molecular weight is 402 g/mol. The van der Waals surface area contributed by atoms with Gasteiger partial charge in [-0.2, -0.15) is 17.5 Å². The molecule has 2 N–H and O–H groups in total. The second kappa shape index (κ2) is 8.07. The summed E-state index contributed by atoms with van der Waals surface area (Å²) in [6.45, 7) is 0.815. The number of hydrogen-bond acceptors (Lipinski definition) is 4. The van der Waals surface area contributed by atoms with Crippen molar-refractivity contribution >= 4 is 15.9 Å². The van der Waals surface area contributed by atoms with Crippen molar-refractivity contribution in [2.45, 2.75) is 24.5 Å². The van der Waals surface area contributed by atoms with E-state index in [1.54, 1.807) is 24.3 Å².